The minimum absolute atomic E-state index is 1.22. The van der Waals surface area contributed by atoms with Gasteiger partial charge in [-0.2, -0.15) is 0 Å². The molecule has 0 fully saturated rings. The number of rotatable bonds is 2. The van der Waals surface area contributed by atoms with Crippen molar-refractivity contribution < 1.29 is 0 Å². The van der Waals surface area contributed by atoms with E-state index >= 15 is 0 Å². The van der Waals surface area contributed by atoms with E-state index in [4.69, 9.17) is 0 Å². The standard InChI is InChI=1S/C50H28N2S2/c1-2-16-32-31(15-1)47(51-39-21-9-5-13-29(39)35-25-27-43-45(49(35)51)37-19-7-11-23-41(37)53-43)33-17-3-4-18-34(33)48(32)52-40-22-10-6-14-30(40)36-26-28-44-46(50(36)52)38-20-8-12-24-42(38)54-44/h1-28H. The molecular weight excluding hydrogens is 693 g/mol. The summed E-state index contributed by atoms with van der Waals surface area (Å²) in [5.74, 6) is 0. The summed E-state index contributed by atoms with van der Waals surface area (Å²) < 4.78 is 10.5. The Kier molecular flexibility index (Phi) is 5.69. The van der Waals surface area contributed by atoms with Crippen molar-refractivity contribution in [2.24, 2.45) is 0 Å². The van der Waals surface area contributed by atoms with Crippen molar-refractivity contribution in [1.29, 1.82) is 0 Å². The number of hydrogen-bond donors (Lipinski definition) is 0. The third kappa shape index (κ3) is 3.64. The third-order valence-corrected chi connectivity index (χ3v) is 13.9. The van der Waals surface area contributed by atoms with E-state index in [0.717, 1.165) is 0 Å². The van der Waals surface area contributed by atoms with E-state index in [2.05, 4.69) is 179 Å². The highest BCUT2D eigenvalue weighted by Gasteiger charge is 2.25. The topological polar surface area (TPSA) is 9.86 Å². The Morgan fingerprint density at radius 2 is 0.593 bits per heavy atom. The highest BCUT2D eigenvalue weighted by Crippen LogP contribution is 2.49. The molecule has 4 heterocycles. The van der Waals surface area contributed by atoms with Crippen molar-refractivity contribution >= 4 is 128 Å². The molecular formula is C50H28N2S2. The quantitative estimate of drug-likeness (QED) is 0.157. The van der Waals surface area contributed by atoms with Gasteiger partial charge in [0, 0.05) is 83.4 Å². The summed E-state index contributed by atoms with van der Waals surface area (Å²) >= 11 is 3.77. The van der Waals surface area contributed by atoms with Crippen molar-refractivity contribution in [2.45, 2.75) is 0 Å². The number of para-hydroxylation sites is 2. The normalized spacial score (nSPS) is 12.4. The summed E-state index contributed by atoms with van der Waals surface area (Å²) in [4.78, 5) is 0. The van der Waals surface area contributed by atoms with Gasteiger partial charge in [0.25, 0.3) is 0 Å². The Morgan fingerprint density at radius 3 is 1.00 bits per heavy atom. The molecule has 0 unspecified atom stereocenters. The van der Waals surface area contributed by atoms with E-state index in [1.807, 2.05) is 22.7 Å². The van der Waals surface area contributed by atoms with Crippen molar-refractivity contribution in [3.8, 4) is 11.4 Å². The molecule has 9 aromatic carbocycles. The van der Waals surface area contributed by atoms with Gasteiger partial charge in [0.05, 0.1) is 33.4 Å². The van der Waals surface area contributed by atoms with Gasteiger partial charge in [0.1, 0.15) is 0 Å². The predicted molar refractivity (Wildman–Crippen MR) is 236 cm³/mol. The average molecular weight is 721 g/mol. The molecule has 54 heavy (non-hydrogen) atoms. The second kappa shape index (κ2) is 10.6. The van der Waals surface area contributed by atoms with Crippen LogP contribution in [0.1, 0.15) is 0 Å². The van der Waals surface area contributed by atoms with E-state index in [0.29, 0.717) is 0 Å². The highest BCUT2D eigenvalue weighted by molar-refractivity contribution is 7.26. The third-order valence-electron chi connectivity index (χ3n) is 11.7. The lowest BCUT2D eigenvalue weighted by Crippen LogP contribution is -2.03. The van der Waals surface area contributed by atoms with Crippen LogP contribution in [-0.2, 0) is 0 Å². The molecule has 0 saturated carbocycles. The molecule has 0 saturated heterocycles. The first kappa shape index (κ1) is 29.0. The Balaban J connectivity index is 1.28. The second-order valence-electron chi connectivity index (χ2n) is 14.4. The number of fused-ring (bicyclic) bond motifs is 16. The Hall–Kier alpha value is -6.46. The molecule has 250 valence electrons. The molecule has 0 aliphatic carbocycles. The predicted octanol–water partition coefficient (Wildman–Crippen LogP) is 14.9. The van der Waals surface area contributed by atoms with Crippen LogP contribution < -0.4 is 0 Å². The molecule has 4 heteroatoms. The molecule has 0 radical (unpaired) electrons. The molecule has 0 spiro atoms. The van der Waals surface area contributed by atoms with Crippen molar-refractivity contribution in [3.05, 3.63) is 170 Å². The van der Waals surface area contributed by atoms with Gasteiger partial charge in [-0.25, -0.2) is 0 Å². The van der Waals surface area contributed by atoms with Gasteiger partial charge < -0.3 is 9.13 Å². The van der Waals surface area contributed by atoms with Crippen LogP contribution in [-0.4, -0.2) is 9.13 Å². The molecule has 13 rings (SSSR count). The van der Waals surface area contributed by atoms with E-state index in [1.54, 1.807) is 0 Å². The summed E-state index contributed by atoms with van der Waals surface area (Å²) in [6.45, 7) is 0. The smallest absolute Gasteiger partial charge is 0.0634 e. The minimum Gasteiger partial charge on any atom is -0.307 e. The largest absolute Gasteiger partial charge is 0.307 e. The fourth-order valence-electron chi connectivity index (χ4n) is 9.56. The zero-order valence-electron chi connectivity index (χ0n) is 28.9. The van der Waals surface area contributed by atoms with Gasteiger partial charge in [-0.15, -0.1) is 22.7 Å². The minimum atomic E-state index is 1.22. The van der Waals surface area contributed by atoms with E-state index in [9.17, 15) is 0 Å². The van der Waals surface area contributed by atoms with Crippen LogP contribution >= 0.6 is 22.7 Å². The number of aromatic nitrogens is 2. The van der Waals surface area contributed by atoms with Crippen molar-refractivity contribution in [1.82, 2.24) is 9.13 Å². The zero-order valence-corrected chi connectivity index (χ0v) is 30.5. The summed E-state index contributed by atoms with van der Waals surface area (Å²) in [6.07, 6.45) is 0. The van der Waals surface area contributed by atoms with Gasteiger partial charge in [-0.05, 0) is 36.4 Å². The molecule has 0 bridgehead atoms. The SMILES string of the molecule is c1ccc2c(c1)sc1ccc3c4ccccc4n(-c4c5ccccc5c(-n5c6ccccc6c6ccc7sc8ccccc8c7c65)c5ccccc45)c3c12. The fraction of sp³-hybridized carbons (Fsp3) is 0. The lowest BCUT2D eigenvalue weighted by Gasteiger charge is -2.21. The number of hydrogen-bond acceptors (Lipinski definition) is 2. The lowest BCUT2D eigenvalue weighted by atomic mass is 9.97. The summed E-state index contributed by atoms with van der Waals surface area (Å²) in [5, 5.41) is 15.3. The van der Waals surface area contributed by atoms with Crippen LogP contribution in [0.15, 0.2) is 170 Å². The summed E-state index contributed by atoms with van der Waals surface area (Å²) in [7, 11) is 0. The van der Waals surface area contributed by atoms with Crippen molar-refractivity contribution in [2.75, 3.05) is 0 Å². The maximum atomic E-state index is 2.59. The van der Waals surface area contributed by atoms with Gasteiger partial charge in [-0.1, -0.05) is 133 Å². The van der Waals surface area contributed by atoms with Crippen LogP contribution in [0.4, 0.5) is 0 Å². The van der Waals surface area contributed by atoms with Gasteiger partial charge in [0.15, 0.2) is 0 Å². The maximum absolute atomic E-state index is 2.59. The molecule has 0 aliphatic rings. The van der Waals surface area contributed by atoms with E-state index in [-0.39, 0.29) is 0 Å². The van der Waals surface area contributed by atoms with Crippen LogP contribution in [0.2, 0.25) is 0 Å². The van der Waals surface area contributed by atoms with Crippen LogP contribution in [0, 0.1) is 0 Å². The van der Waals surface area contributed by atoms with Gasteiger partial charge in [0.2, 0.25) is 0 Å². The van der Waals surface area contributed by atoms with Gasteiger partial charge >= 0.3 is 0 Å². The average Bonchev–Trinajstić information content (AvgIpc) is 3.97. The van der Waals surface area contributed by atoms with Crippen LogP contribution in [0.5, 0.6) is 0 Å². The number of thiophene rings is 2. The second-order valence-corrected chi connectivity index (χ2v) is 16.5. The number of benzene rings is 9. The maximum Gasteiger partial charge on any atom is 0.0634 e. The molecule has 0 N–H and O–H groups in total. The number of nitrogens with zero attached hydrogens (tertiary/aromatic N) is 2. The first-order valence-corrected chi connectivity index (χ1v) is 20.1. The first-order chi connectivity index (χ1) is 26.8. The molecule has 2 nitrogen and oxygen atoms in total. The molecule has 4 aromatic heterocycles. The van der Waals surface area contributed by atoms with Crippen LogP contribution in [0.25, 0.3) is 117 Å². The van der Waals surface area contributed by atoms with Crippen LogP contribution in [0.3, 0.4) is 0 Å². The van der Waals surface area contributed by atoms with Gasteiger partial charge in [-0.3, -0.25) is 0 Å². The Labute approximate surface area is 316 Å². The molecule has 13 aromatic rings. The monoisotopic (exact) mass is 720 g/mol. The van der Waals surface area contributed by atoms with E-state index in [1.165, 1.54) is 117 Å². The summed E-state index contributed by atoms with van der Waals surface area (Å²) in [5.41, 5.74) is 7.45. The Bertz CT molecular complexity index is 3440. The Morgan fingerprint density at radius 1 is 0.259 bits per heavy atom. The summed E-state index contributed by atoms with van der Waals surface area (Å²) in [6, 6.07) is 63.3. The lowest BCUT2D eigenvalue weighted by molar-refractivity contribution is 1.20. The first-order valence-electron chi connectivity index (χ1n) is 18.4. The van der Waals surface area contributed by atoms with Crippen molar-refractivity contribution in [3.63, 3.8) is 0 Å². The fourth-order valence-corrected chi connectivity index (χ4v) is 11.8. The highest BCUT2D eigenvalue weighted by atomic mass is 32.1. The van der Waals surface area contributed by atoms with E-state index < -0.39 is 0 Å². The zero-order chi connectivity index (χ0) is 35.1. The molecule has 0 amide bonds. The molecule has 0 atom stereocenters. The molecule has 0 aliphatic heterocycles.